The molecule has 2 saturated heterocycles. The van der Waals surface area contributed by atoms with Gasteiger partial charge in [-0.15, -0.1) is 0 Å². The molecule has 1 spiro atoms. The topological polar surface area (TPSA) is 59.5 Å². The van der Waals surface area contributed by atoms with E-state index in [0.717, 1.165) is 61.9 Å². The molecule has 2 aliphatic heterocycles. The van der Waals surface area contributed by atoms with Crippen LogP contribution in [-0.4, -0.2) is 48.6 Å². The molecule has 2 aromatic rings. The summed E-state index contributed by atoms with van der Waals surface area (Å²) in [5.41, 5.74) is 2.05. The molecule has 0 amide bonds. The van der Waals surface area contributed by atoms with Crippen LogP contribution in [0, 0.1) is 0 Å². The van der Waals surface area contributed by atoms with Crippen molar-refractivity contribution in [1.82, 2.24) is 9.97 Å². The molecule has 1 aromatic carbocycles. The third-order valence-electron chi connectivity index (χ3n) is 4.96. The second kappa shape index (κ2) is 7.60. The van der Waals surface area contributed by atoms with Gasteiger partial charge < -0.3 is 19.7 Å². The summed E-state index contributed by atoms with van der Waals surface area (Å²) in [6.07, 6.45) is 2.76. The molecule has 4 rings (SSSR count). The number of ether oxygens (including phenoxy) is 2. The molecular weight excluding hydrogens is 328 g/mol. The highest BCUT2D eigenvalue weighted by molar-refractivity contribution is 5.64. The van der Waals surface area contributed by atoms with Crippen LogP contribution in [0.2, 0.25) is 0 Å². The highest BCUT2D eigenvalue weighted by Gasteiger charge is 2.40. The molecule has 0 unspecified atom stereocenters. The van der Waals surface area contributed by atoms with Crippen molar-refractivity contribution in [2.24, 2.45) is 0 Å². The van der Waals surface area contributed by atoms with E-state index >= 15 is 0 Å². The van der Waals surface area contributed by atoms with Crippen molar-refractivity contribution in [3.8, 4) is 11.3 Å². The van der Waals surface area contributed by atoms with Gasteiger partial charge in [-0.05, 0) is 6.42 Å². The summed E-state index contributed by atoms with van der Waals surface area (Å²) in [6.45, 7) is 6.13. The summed E-state index contributed by atoms with van der Waals surface area (Å²) in [6, 6.07) is 12.3. The van der Waals surface area contributed by atoms with Gasteiger partial charge in [-0.3, -0.25) is 0 Å². The molecule has 26 heavy (non-hydrogen) atoms. The van der Waals surface area contributed by atoms with Gasteiger partial charge in [0.2, 0.25) is 5.95 Å². The number of rotatable bonds is 5. The van der Waals surface area contributed by atoms with Gasteiger partial charge in [0.15, 0.2) is 5.79 Å². The van der Waals surface area contributed by atoms with Crippen LogP contribution in [0.1, 0.15) is 26.2 Å². The van der Waals surface area contributed by atoms with Crippen LogP contribution >= 0.6 is 0 Å². The molecule has 3 heterocycles. The first-order valence-electron chi connectivity index (χ1n) is 9.49. The fraction of sp³-hybridized carbons (Fsp3) is 0.500. The van der Waals surface area contributed by atoms with Gasteiger partial charge in [0.05, 0.1) is 18.9 Å². The number of nitrogens with zero attached hydrogens (tertiary/aromatic N) is 3. The van der Waals surface area contributed by atoms with Gasteiger partial charge in [0, 0.05) is 44.1 Å². The van der Waals surface area contributed by atoms with E-state index in [1.54, 1.807) is 0 Å². The van der Waals surface area contributed by atoms with E-state index < -0.39 is 0 Å². The lowest BCUT2D eigenvalue weighted by atomic mass is 10.0. The second-order valence-electron chi connectivity index (χ2n) is 6.83. The van der Waals surface area contributed by atoms with E-state index in [1.165, 1.54) is 0 Å². The molecule has 0 bridgehead atoms. The molecule has 138 valence electrons. The van der Waals surface area contributed by atoms with Crippen molar-refractivity contribution >= 4 is 11.8 Å². The van der Waals surface area contributed by atoms with Crippen molar-refractivity contribution < 1.29 is 9.47 Å². The quantitative estimate of drug-likeness (QED) is 0.889. The molecule has 0 radical (unpaired) electrons. The summed E-state index contributed by atoms with van der Waals surface area (Å²) in [5, 5.41) is 3.41. The number of benzene rings is 1. The number of aromatic nitrogens is 2. The minimum absolute atomic E-state index is 0.378. The lowest BCUT2D eigenvalue weighted by Crippen LogP contribution is -2.45. The minimum atomic E-state index is -0.378. The summed E-state index contributed by atoms with van der Waals surface area (Å²) in [5.74, 6) is 1.28. The van der Waals surface area contributed by atoms with Crippen LogP contribution in [-0.2, 0) is 9.47 Å². The zero-order chi connectivity index (χ0) is 17.8. The van der Waals surface area contributed by atoms with Gasteiger partial charge in [-0.2, -0.15) is 4.98 Å². The van der Waals surface area contributed by atoms with Crippen LogP contribution < -0.4 is 10.2 Å². The fourth-order valence-electron chi connectivity index (χ4n) is 3.51. The zero-order valence-electron chi connectivity index (χ0n) is 15.3. The first-order valence-corrected chi connectivity index (χ1v) is 9.49. The van der Waals surface area contributed by atoms with Gasteiger partial charge in [-0.25, -0.2) is 4.98 Å². The van der Waals surface area contributed by atoms with E-state index in [4.69, 9.17) is 19.4 Å². The fourth-order valence-corrected chi connectivity index (χ4v) is 3.51. The standard InChI is InChI=1S/C20H26N4O2/c1-2-10-21-18-15-17(16-6-4-3-5-7-16)22-19(23-18)24-11-8-20(9-12-24)25-13-14-26-20/h3-7,15H,2,8-14H2,1H3,(H,21,22,23). The number of nitrogens with one attached hydrogen (secondary N) is 1. The highest BCUT2D eigenvalue weighted by Crippen LogP contribution is 2.33. The summed E-state index contributed by atoms with van der Waals surface area (Å²) in [7, 11) is 0. The monoisotopic (exact) mass is 354 g/mol. The van der Waals surface area contributed by atoms with Crippen molar-refractivity contribution in [3.05, 3.63) is 36.4 Å². The first kappa shape index (κ1) is 17.2. The molecule has 6 nitrogen and oxygen atoms in total. The van der Waals surface area contributed by atoms with E-state index in [9.17, 15) is 0 Å². The van der Waals surface area contributed by atoms with Crippen LogP contribution in [0.25, 0.3) is 11.3 Å². The highest BCUT2D eigenvalue weighted by atomic mass is 16.7. The van der Waals surface area contributed by atoms with Crippen LogP contribution in [0.15, 0.2) is 36.4 Å². The smallest absolute Gasteiger partial charge is 0.227 e. The molecule has 2 fully saturated rings. The third kappa shape index (κ3) is 3.66. The Balaban J connectivity index is 1.58. The Morgan fingerprint density at radius 2 is 1.81 bits per heavy atom. The lowest BCUT2D eigenvalue weighted by molar-refractivity contribution is -0.169. The average molecular weight is 354 g/mol. The molecular formula is C20H26N4O2. The van der Waals surface area contributed by atoms with Crippen LogP contribution in [0.5, 0.6) is 0 Å². The molecule has 0 saturated carbocycles. The SMILES string of the molecule is CCCNc1cc(-c2ccccc2)nc(N2CCC3(CC2)OCCO3)n1. The summed E-state index contributed by atoms with van der Waals surface area (Å²) < 4.78 is 11.7. The Morgan fingerprint density at radius 1 is 1.08 bits per heavy atom. The minimum Gasteiger partial charge on any atom is -0.370 e. The van der Waals surface area contributed by atoms with Crippen molar-refractivity contribution in [2.45, 2.75) is 32.0 Å². The molecule has 0 aliphatic carbocycles. The molecule has 1 aromatic heterocycles. The average Bonchev–Trinajstić information content (AvgIpc) is 3.15. The molecule has 0 atom stereocenters. The zero-order valence-corrected chi connectivity index (χ0v) is 15.3. The Kier molecular flexibility index (Phi) is 5.04. The van der Waals surface area contributed by atoms with Gasteiger partial charge in [0.1, 0.15) is 5.82 Å². The van der Waals surface area contributed by atoms with Gasteiger partial charge in [-0.1, -0.05) is 37.3 Å². The Hall–Kier alpha value is -2.18. The largest absolute Gasteiger partial charge is 0.370 e. The van der Waals surface area contributed by atoms with Crippen LogP contribution in [0.4, 0.5) is 11.8 Å². The number of hydrogen-bond donors (Lipinski definition) is 1. The molecule has 6 heteroatoms. The van der Waals surface area contributed by atoms with Crippen molar-refractivity contribution in [3.63, 3.8) is 0 Å². The third-order valence-corrected chi connectivity index (χ3v) is 4.96. The maximum atomic E-state index is 5.83. The van der Waals surface area contributed by atoms with Crippen molar-refractivity contribution in [2.75, 3.05) is 43.1 Å². The maximum Gasteiger partial charge on any atom is 0.227 e. The Morgan fingerprint density at radius 3 is 2.50 bits per heavy atom. The van der Waals surface area contributed by atoms with Gasteiger partial charge >= 0.3 is 0 Å². The number of piperidine rings is 1. The summed E-state index contributed by atoms with van der Waals surface area (Å²) >= 11 is 0. The maximum absolute atomic E-state index is 5.83. The first-order chi connectivity index (χ1) is 12.8. The molecule has 1 N–H and O–H groups in total. The van der Waals surface area contributed by atoms with E-state index in [1.807, 2.05) is 24.3 Å². The number of anilines is 2. The normalized spacial score (nSPS) is 19.0. The number of hydrogen-bond acceptors (Lipinski definition) is 6. The summed E-state index contributed by atoms with van der Waals surface area (Å²) in [4.78, 5) is 11.8. The van der Waals surface area contributed by atoms with Crippen LogP contribution in [0.3, 0.4) is 0 Å². The van der Waals surface area contributed by atoms with E-state index in [0.29, 0.717) is 13.2 Å². The van der Waals surface area contributed by atoms with E-state index in [2.05, 4.69) is 29.3 Å². The Labute approximate surface area is 154 Å². The lowest BCUT2D eigenvalue weighted by Gasteiger charge is -2.37. The van der Waals surface area contributed by atoms with Crippen molar-refractivity contribution in [1.29, 1.82) is 0 Å². The predicted octanol–water partition coefficient (Wildman–Crippen LogP) is 3.31. The molecule has 2 aliphatic rings. The second-order valence-corrected chi connectivity index (χ2v) is 6.83. The predicted molar refractivity (Wildman–Crippen MR) is 102 cm³/mol. The van der Waals surface area contributed by atoms with Gasteiger partial charge in [0.25, 0.3) is 0 Å². The Bertz CT molecular complexity index is 722. The van der Waals surface area contributed by atoms with E-state index in [-0.39, 0.29) is 5.79 Å².